The van der Waals surface area contributed by atoms with Gasteiger partial charge in [-0.05, 0) is 67.1 Å². The van der Waals surface area contributed by atoms with E-state index in [-0.39, 0.29) is 22.9 Å². The van der Waals surface area contributed by atoms with Crippen molar-refractivity contribution in [2.45, 2.75) is 6.92 Å². The molecule has 0 radical (unpaired) electrons. The summed E-state index contributed by atoms with van der Waals surface area (Å²) in [6.07, 6.45) is 0. The van der Waals surface area contributed by atoms with Gasteiger partial charge in [0, 0.05) is 14.5 Å². The Hall–Kier alpha value is -1.51. The van der Waals surface area contributed by atoms with Crippen molar-refractivity contribution in [2.24, 2.45) is 0 Å². The molecule has 3 nitrogen and oxygen atoms in total. The maximum absolute atomic E-state index is 14.0. The SMILES string of the molecule is CCOc1ccc(C(=O)c2cc(Br)ccc2Cl)c(F)c1F.O=C(Cl)c1cc(Br)ccc1Cl. The third kappa shape index (κ3) is 6.75. The molecule has 0 aliphatic heterocycles. The van der Waals surface area contributed by atoms with Gasteiger partial charge in [-0.15, -0.1) is 0 Å². The Kier molecular flexibility index (Phi) is 10.1. The van der Waals surface area contributed by atoms with Gasteiger partial charge in [-0.1, -0.05) is 55.1 Å². The van der Waals surface area contributed by atoms with Crippen LogP contribution in [0.3, 0.4) is 0 Å². The maximum Gasteiger partial charge on any atom is 0.253 e. The smallest absolute Gasteiger partial charge is 0.253 e. The van der Waals surface area contributed by atoms with E-state index in [0.717, 1.165) is 4.47 Å². The van der Waals surface area contributed by atoms with Crippen molar-refractivity contribution < 1.29 is 23.1 Å². The van der Waals surface area contributed by atoms with Gasteiger partial charge in [0.15, 0.2) is 17.3 Å². The molecule has 0 bridgehead atoms. The van der Waals surface area contributed by atoms with E-state index in [1.807, 2.05) is 0 Å². The van der Waals surface area contributed by atoms with Crippen LogP contribution >= 0.6 is 66.7 Å². The molecule has 0 aliphatic carbocycles. The lowest BCUT2D eigenvalue weighted by Crippen LogP contribution is -2.08. The van der Waals surface area contributed by atoms with Crippen molar-refractivity contribution in [1.82, 2.24) is 0 Å². The van der Waals surface area contributed by atoms with Crippen LogP contribution in [-0.4, -0.2) is 17.6 Å². The van der Waals surface area contributed by atoms with Gasteiger partial charge in [-0.3, -0.25) is 9.59 Å². The molecule has 3 rings (SSSR count). The summed E-state index contributed by atoms with van der Waals surface area (Å²) in [6.45, 7) is 1.85. The molecular formula is C22H13Br2Cl3F2O3. The van der Waals surface area contributed by atoms with E-state index in [1.54, 1.807) is 31.2 Å². The Morgan fingerprint density at radius 3 is 1.88 bits per heavy atom. The zero-order valence-corrected chi connectivity index (χ0v) is 21.6. The highest BCUT2D eigenvalue weighted by molar-refractivity contribution is 9.10. The van der Waals surface area contributed by atoms with Crippen molar-refractivity contribution in [3.05, 3.63) is 95.8 Å². The second-order valence-corrected chi connectivity index (χ2v) is 9.01. The predicted octanol–water partition coefficient (Wildman–Crippen LogP) is 8.49. The summed E-state index contributed by atoms with van der Waals surface area (Å²) in [5.41, 5.74) is 0.0205. The van der Waals surface area contributed by atoms with Crippen LogP contribution in [0.4, 0.5) is 8.78 Å². The van der Waals surface area contributed by atoms with E-state index >= 15 is 0 Å². The molecule has 0 aromatic heterocycles. The Labute approximate surface area is 214 Å². The molecule has 32 heavy (non-hydrogen) atoms. The Balaban J connectivity index is 0.000000278. The number of ether oxygens (including phenoxy) is 1. The summed E-state index contributed by atoms with van der Waals surface area (Å²) in [5.74, 6) is -3.36. The number of hydrogen-bond donors (Lipinski definition) is 0. The molecule has 0 saturated heterocycles. The molecule has 0 spiro atoms. The van der Waals surface area contributed by atoms with Crippen molar-refractivity contribution in [3.8, 4) is 5.75 Å². The van der Waals surface area contributed by atoms with Crippen LogP contribution in [0.2, 0.25) is 10.0 Å². The standard InChI is InChI=1S/C15H10BrClF2O2.C7H3BrCl2O/c1-2-21-12-6-4-9(13(18)14(12)19)15(20)10-7-8(16)3-5-11(10)17;8-4-1-2-6(9)5(3-4)7(10)11/h3-7H,2H2,1H3;1-3H. The third-order valence-corrected chi connectivity index (χ3v) is 5.75. The number of hydrogen-bond acceptors (Lipinski definition) is 3. The van der Waals surface area contributed by atoms with Gasteiger partial charge >= 0.3 is 0 Å². The largest absolute Gasteiger partial charge is 0.491 e. The normalized spacial score (nSPS) is 10.2. The Morgan fingerprint density at radius 1 is 0.844 bits per heavy atom. The van der Waals surface area contributed by atoms with E-state index in [0.29, 0.717) is 15.1 Å². The minimum atomic E-state index is -1.25. The lowest BCUT2D eigenvalue weighted by Gasteiger charge is -2.09. The fourth-order valence-electron chi connectivity index (χ4n) is 2.44. The number of benzene rings is 3. The number of halogens is 7. The minimum absolute atomic E-state index is 0.0912. The monoisotopic (exact) mass is 626 g/mol. The van der Waals surface area contributed by atoms with Gasteiger partial charge in [-0.25, -0.2) is 4.39 Å². The van der Waals surface area contributed by atoms with Crippen LogP contribution < -0.4 is 4.74 Å². The zero-order chi connectivity index (χ0) is 24.0. The number of carbonyl (C=O) groups is 2. The van der Waals surface area contributed by atoms with Gasteiger partial charge in [0.05, 0.1) is 27.8 Å². The predicted molar refractivity (Wildman–Crippen MR) is 129 cm³/mol. The first-order chi connectivity index (χ1) is 15.1. The summed E-state index contributed by atoms with van der Waals surface area (Å²) in [6, 6.07) is 11.9. The van der Waals surface area contributed by atoms with Crippen molar-refractivity contribution in [1.29, 1.82) is 0 Å². The topological polar surface area (TPSA) is 43.4 Å². The quantitative estimate of drug-likeness (QED) is 0.210. The molecule has 168 valence electrons. The molecule has 0 heterocycles. The lowest BCUT2D eigenvalue weighted by atomic mass is 10.0. The molecule has 0 saturated carbocycles. The highest BCUT2D eigenvalue weighted by Gasteiger charge is 2.22. The van der Waals surface area contributed by atoms with Crippen LogP contribution in [0.5, 0.6) is 5.75 Å². The Morgan fingerprint density at radius 2 is 1.38 bits per heavy atom. The fraction of sp³-hybridized carbons (Fsp3) is 0.0909. The summed E-state index contributed by atoms with van der Waals surface area (Å²) in [4.78, 5) is 23.0. The highest BCUT2D eigenvalue weighted by atomic mass is 79.9. The summed E-state index contributed by atoms with van der Waals surface area (Å²) in [5, 5.41) is -0.0126. The van der Waals surface area contributed by atoms with E-state index in [4.69, 9.17) is 39.5 Å². The average molecular weight is 630 g/mol. The molecule has 3 aromatic rings. The first-order valence-electron chi connectivity index (χ1n) is 8.82. The highest BCUT2D eigenvalue weighted by Crippen LogP contribution is 2.28. The van der Waals surface area contributed by atoms with Crippen molar-refractivity contribution in [2.75, 3.05) is 6.61 Å². The molecule has 0 unspecified atom stereocenters. The minimum Gasteiger partial charge on any atom is -0.491 e. The molecular weight excluding hydrogens is 616 g/mol. The van der Waals surface area contributed by atoms with E-state index in [2.05, 4.69) is 31.9 Å². The van der Waals surface area contributed by atoms with Crippen molar-refractivity contribution >= 4 is 77.7 Å². The van der Waals surface area contributed by atoms with Crippen LogP contribution in [0.25, 0.3) is 0 Å². The van der Waals surface area contributed by atoms with Gasteiger partial charge in [-0.2, -0.15) is 4.39 Å². The van der Waals surface area contributed by atoms with Crippen LogP contribution in [0.1, 0.15) is 33.2 Å². The van der Waals surface area contributed by atoms with Gasteiger partial charge in [0.25, 0.3) is 5.24 Å². The first-order valence-corrected chi connectivity index (χ1v) is 11.5. The molecule has 0 fully saturated rings. The Bertz CT molecular complexity index is 1170. The maximum atomic E-state index is 14.0. The van der Waals surface area contributed by atoms with Gasteiger partial charge in [0.1, 0.15) is 0 Å². The number of rotatable bonds is 5. The average Bonchev–Trinajstić information content (AvgIpc) is 2.75. The van der Waals surface area contributed by atoms with Gasteiger partial charge in [0.2, 0.25) is 5.82 Å². The van der Waals surface area contributed by atoms with Crippen LogP contribution in [0.15, 0.2) is 57.5 Å². The van der Waals surface area contributed by atoms with E-state index in [1.165, 1.54) is 24.3 Å². The second-order valence-electron chi connectivity index (χ2n) is 6.02. The molecule has 0 atom stereocenters. The van der Waals surface area contributed by atoms with Crippen LogP contribution in [0, 0.1) is 11.6 Å². The summed E-state index contributed by atoms with van der Waals surface area (Å²) >= 11 is 23.2. The molecule has 3 aromatic carbocycles. The number of ketones is 1. The molecule has 0 N–H and O–H groups in total. The molecule has 10 heteroatoms. The van der Waals surface area contributed by atoms with E-state index < -0.39 is 28.2 Å². The third-order valence-electron chi connectivity index (χ3n) is 3.90. The first kappa shape index (κ1) is 26.7. The van der Waals surface area contributed by atoms with E-state index in [9.17, 15) is 18.4 Å². The zero-order valence-electron chi connectivity index (χ0n) is 16.2. The summed E-state index contributed by atoms with van der Waals surface area (Å²) < 4.78 is 34.2. The molecule has 0 amide bonds. The lowest BCUT2D eigenvalue weighted by molar-refractivity contribution is 0.103. The number of carbonyl (C=O) groups excluding carboxylic acids is 2. The van der Waals surface area contributed by atoms with Crippen LogP contribution in [-0.2, 0) is 0 Å². The van der Waals surface area contributed by atoms with Gasteiger partial charge < -0.3 is 4.74 Å². The summed E-state index contributed by atoms with van der Waals surface area (Å²) in [7, 11) is 0. The van der Waals surface area contributed by atoms with Crippen molar-refractivity contribution in [3.63, 3.8) is 0 Å². The second kappa shape index (κ2) is 12.1. The molecule has 0 aliphatic rings. The fourth-order valence-corrected chi connectivity index (χ4v) is 3.77.